The van der Waals surface area contributed by atoms with Crippen LogP contribution in [-0.4, -0.2) is 32.1 Å². The molecule has 1 aromatic heterocycles. The molecular weight excluding hydrogens is 443 g/mol. The highest BCUT2D eigenvalue weighted by Crippen LogP contribution is 2.31. The molecule has 1 heterocycles. The van der Waals surface area contributed by atoms with Crippen LogP contribution in [0.1, 0.15) is 0 Å². The van der Waals surface area contributed by atoms with E-state index in [9.17, 15) is 8.42 Å². The summed E-state index contributed by atoms with van der Waals surface area (Å²) >= 11 is 12.0. The number of aromatic nitrogens is 2. The third-order valence-electron chi connectivity index (χ3n) is 4.70. The van der Waals surface area contributed by atoms with Crippen molar-refractivity contribution in [1.82, 2.24) is 9.55 Å². The molecule has 30 heavy (non-hydrogen) atoms. The van der Waals surface area contributed by atoms with Crippen LogP contribution in [-0.2, 0) is 10.0 Å². The lowest BCUT2D eigenvalue weighted by Crippen LogP contribution is -2.14. The van der Waals surface area contributed by atoms with E-state index in [1.165, 1.54) is 6.33 Å². The van der Waals surface area contributed by atoms with E-state index in [4.69, 9.17) is 23.2 Å². The van der Waals surface area contributed by atoms with Gasteiger partial charge in [-0.3, -0.25) is 9.29 Å². The first kappa shape index (κ1) is 20.5. The van der Waals surface area contributed by atoms with E-state index in [0.717, 1.165) is 11.1 Å². The molecule has 6 nitrogen and oxygen atoms in total. The summed E-state index contributed by atoms with van der Waals surface area (Å²) in [6.45, 7) is 0. The second-order valence-corrected chi connectivity index (χ2v) is 9.24. The van der Waals surface area contributed by atoms with Gasteiger partial charge in [0.05, 0.1) is 4.90 Å². The fourth-order valence-electron chi connectivity index (χ4n) is 3.28. The average molecular weight is 461 g/mol. The van der Waals surface area contributed by atoms with Crippen molar-refractivity contribution >= 4 is 55.4 Å². The molecule has 0 fully saturated rings. The van der Waals surface area contributed by atoms with Crippen LogP contribution in [0, 0.1) is 0 Å². The van der Waals surface area contributed by atoms with Crippen LogP contribution in [0.3, 0.4) is 0 Å². The summed E-state index contributed by atoms with van der Waals surface area (Å²) in [6, 6.07) is 17.7. The van der Waals surface area contributed by atoms with Crippen molar-refractivity contribution < 1.29 is 8.42 Å². The highest BCUT2D eigenvalue weighted by molar-refractivity contribution is 7.93. The van der Waals surface area contributed by atoms with Gasteiger partial charge in [-0.2, -0.15) is 0 Å². The van der Waals surface area contributed by atoms with Gasteiger partial charge in [-0.1, -0.05) is 47.5 Å². The lowest BCUT2D eigenvalue weighted by molar-refractivity contribution is 0.602. The largest absolute Gasteiger partial charge is 0.377 e. The van der Waals surface area contributed by atoms with Gasteiger partial charge in [-0.15, -0.1) is 0 Å². The van der Waals surface area contributed by atoms with E-state index in [1.54, 1.807) is 41.0 Å². The highest BCUT2D eigenvalue weighted by Gasteiger charge is 2.19. The number of benzene rings is 3. The highest BCUT2D eigenvalue weighted by atomic mass is 35.5. The normalized spacial score (nSPS) is 11.6. The molecule has 0 aliphatic heterocycles. The summed E-state index contributed by atoms with van der Waals surface area (Å²) in [4.78, 5) is 6.12. The Morgan fingerprint density at radius 1 is 0.933 bits per heavy atom. The van der Waals surface area contributed by atoms with Crippen molar-refractivity contribution in [2.24, 2.45) is 0 Å². The van der Waals surface area contributed by atoms with Gasteiger partial charge in [0.15, 0.2) is 10.3 Å². The Labute approximate surface area is 184 Å². The number of nitrogens with zero attached hydrogens (tertiary/aromatic N) is 3. The van der Waals surface area contributed by atoms with Crippen molar-refractivity contribution in [2.75, 3.05) is 23.7 Å². The summed E-state index contributed by atoms with van der Waals surface area (Å²) in [5.74, 6) is 0. The SMILES string of the molecule is CN(C)c1cccc2c(S(=O)(=O)Nc3ccc(-n4cnc(Cl)c4Cl)cc3)cccc12. The second kappa shape index (κ2) is 7.83. The van der Waals surface area contributed by atoms with Gasteiger partial charge in [-0.25, -0.2) is 13.4 Å². The summed E-state index contributed by atoms with van der Waals surface area (Å²) in [5, 5.41) is 2.02. The standard InChI is InChI=1S/C21H18Cl2N4O2S/c1-26(2)18-7-3-6-17-16(18)5-4-8-19(17)30(28,29)25-14-9-11-15(12-10-14)27-13-24-20(22)21(27)23/h3-13,25H,1-2H3. The number of nitrogens with one attached hydrogen (secondary N) is 1. The molecule has 0 aliphatic rings. The first-order valence-corrected chi connectivity index (χ1v) is 11.2. The maximum Gasteiger partial charge on any atom is 0.262 e. The lowest BCUT2D eigenvalue weighted by atomic mass is 10.1. The number of rotatable bonds is 5. The summed E-state index contributed by atoms with van der Waals surface area (Å²) in [6.07, 6.45) is 1.50. The van der Waals surface area contributed by atoms with E-state index in [0.29, 0.717) is 16.8 Å². The molecule has 154 valence electrons. The zero-order chi connectivity index (χ0) is 21.5. The predicted octanol–water partition coefficient (Wildman–Crippen LogP) is 5.20. The van der Waals surface area contributed by atoms with Crippen molar-refractivity contribution in [3.8, 4) is 5.69 Å². The number of halogens is 2. The van der Waals surface area contributed by atoms with E-state index < -0.39 is 10.0 Å². The monoisotopic (exact) mass is 460 g/mol. The Balaban J connectivity index is 1.68. The molecule has 0 spiro atoms. The van der Waals surface area contributed by atoms with Crippen molar-refractivity contribution in [3.63, 3.8) is 0 Å². The van der Waals surface area contributed by atoms with Crippen LogP contribution >= 0.6 is 23.2 Å². The van der Waals surface area contributed by atoms with Crippen molar-refractivity contribution in [1.29, 1.82) is 0 Å². The Hall–Kier alpha value is -2.74. The first-order chi connectivity index (χ1) is 14.3. The maximum atomic E-state index is 13.1. The zero-order valence-electron chi connectivity index (χ0n) is 16.2. The van der Waals surface area contributed by atoms with Gasteiger partial charge < -0.3 is 4.90 Å². The lowest BCUT2D eigenvalue weighted by Gasteiger charge is -2.17. The molecule has 0 aliphatic carbocycles. The van der Waals surface area contributed by atoms with E-state index in [1.807, 2.05) is 43.3 Å². The molecule has 0 atom stereocenters. The second-order valence-electron chi connectivity index (χ2n) is 6.87. The van der Waals surface area contributed by atoms with Gasteiger partial charge in [0.25, 0.3) is 10.0 Å². The summed E-state index contributed by atoms with van der Waals surface area (Å²) in [5.41, 5.74) is 2.09. The molecule has 9 heteroatoms. The van der Waals surface area contributed by atoms with E-state index in [2.05, 4.69) is 9.71 Å². The number of anilines is 2. The number of hydrogen-bond donors (Lipinski definition) is 1. The summed E-state index contributed by atoms with van der Waals surface area (Å²) < 4.78 is 30.5. The van der Waals surface area contributed by atoms with Gasteiger partial charge in [0.2, 0.25) is 0 Å². The Bertz CT molecular complexity index is 1330. The Kier molecular flexibility index (Phi) is 5.36. The minimum atomic E-state index is -3.80. The molecular formula is C21H18Cl2N4O2S. The first-order valence-electron chi connectivity index (χ1n) is 8.98. The fraction of sp³-hybridized carbons (Fsp3) is 0.0952. The van der Waals surface area contributed by atoms with Gasteiger partial charge in [0.1, 0.15) is 6.33 Å². The maximum absolute atomic E-state index is 13.1. The quantitative estimate of drug-likeness (QED) is 0.444. The molecule has 4 rings (SSSR count). The van der Waals surface area contributed by atoms with Gasteiger partial charge in [0, 0.05) is 41.9 Å². The molecule has 3 aromatic carbocycles. The van der Waals surface area contributed by atoms with Gasteiger partial charge in [-0.05, 0) is 36.4 Å². The fourth-order valence-corrected chi connectivity index (χ4v) is 4.89. The molecule has 1 N–H and O–H groups in total. The van der Waals surface area contributed by atoms with Crippen molar-refractivity contribution in [2.45, 2.75) is 4.90 Å². The van der Waals surface area contributed by atoms with Crippen LogP contribution in [0.15, 0.2) is 71.9 Å². The van der Waals surface area contributed by atoms with Crippen molar-refractivity contribution in [3.05, 3.63) is 77.3 Å². The number of sulfonamides is 1. The minimum absolute atomic E-state index is 0.203. The smallest absolute Gasteiger partial charge is 0.262 e. The topological polar surface area (TPSA) is 67.2 Å². The number of fused-ring (bicyclic) bond motifs is 1. The Morgan fingerprint density at radius 3 is 2.23 bits per heavy atom. The zero-order valence-corrected chi connectivity index (χ0v) is 18.5. The predicted molar refractivity (Wildman–Crippen MR) is 123 cm³/mol. The van der Waals surface area contributed by atoms with Gasteiger partial charge >= 0.3 is 0 Å². The summed E-state index contributed by atoms with van der Waals surface area (Å²) in [7, 11) is 0.0533. The average Bonchev–Trinajstić information content (AvgIpc) is 3.06. The number of hydrogen-bond acceptors (Lipinski definition) is 4. The Morgan fingerprint density at radius 2 is 1.60 bits per heavy atom. The molecule has 0 saturated heterocycles. The van der Waals surface area contributed by atoms with Crippen LogP contribution < -0.4 is 9.62 Å². The molecule has 0 amide bonds. The molecule has 0 radical (unpaired) electrons. The van der Waals surface area contributed by atoms with E-state index >= 15 is 0 Å². The van der Waals surface area contributed by atoms with Crippen LogP contribution in [0.5, 0.6) is 0 Å². The van der Waals surface area contributed by atoms with Crippen LogP contribution in [0.2, 0.25) is 10.3 Å². The third kappa shape index (κ3) is 3.71. The van der Waals surface area contributed by atoms with Crippen LogP contribution in [0.25, 0.3) is 16.5 Å². The third-order valence-corrected chi connectivity index (χ3v) is 6.87. The molecule has 4 aromatic rings. The number of imidazole rings is 1. The molecule has 0 bridgehead atoms. The minimum Gasteiger partial charge on any atom is -0.377 e. The van der Waals surface area contributed by atoms with E-state index in [-0.39, 0.29) is 15.2 Å². The van der Waals surface area contributed by atoms with Crippen LogP contribution in [0.4, 0.5) is 11.4 Å². The molecule has 0 saturated carbocycles. The molecule has 0 unspecified atom stereocenters.